The minimum atomic E-state index is 0.178. The number of pyridine rings is 1. The van der Waals surface area contributed by atoms with Crippen LogP contribution >= 0.6 is 11.6 Å². The maximum atomic E-state index is 6.15. The van der Waals surface area contributed by atoms with Gasteiger partial charge in [-0.25, -0.2) is 0 Å². The molecule has 0 unspecified atom stereocenters. The molecule has 1 aromatic carbocycles. The van der Waals surface area contributed by atoms with Gasteiger partial charge < -0.3 is 0 Å². The van der Waals surface area contributed by atoms with Crippen LogP contribution in [-0.2, 0) is 5.41 Å². The molecule has 17 heavy (non-hydrogen) atoms. The first-order valence-electron chi connectivity index (χ1n) is 5.69. The summed E-state index contributed by atoms with van der Waals surface area (Å²) in [5, 5.41) is 0.739. The molecule has 0 aliphatic heterocycles. The maximum Gasteiger partial charge on any atom is 0.0515 e. The average Bonchev–Trinajstić information content (AvgIpc) is 2.29. The minimum Gasteiger partial charge on any atom is -0.264 e. The van der Waals surface area contributed by atoms with Gasteiger partial charge in [-0.15, -0.1) is 0 Å². The fourth-order valence-corrected chi connectivity index (χ4v) is 1.95. The zero-order valence-electron chi connectivity index (χ0n) is 10.4. The van der Waals surface area contributed by atoms with Crippen LogP contribution in [0.2, 0.25) is 5.02 Å². The summed E-state index contributed by atoms with van der Waals surface area (Å²) >= 11 is 6.15. The highest BCUT2D eigenvalue weighted by atomic mass is 35.5. The molecule has 2 rings (SSSR count). The van der Waals surface area contributed by atoms with Gasteiger partial charge in [-0.05, 0) is 22.6 Å². The van der Waals surface area contributed by atoms with Crippen molar-refractivity contribution < 1.29 is 0 Å². The van der Waals surface area contributed by atoms with Crippen LogP contribution in [0.15, 0.2) is 42.7 Å². The summed E-state index contributed by atoms with van der Waals surface area (Å²) in [4.78, 5) is 4.11. The smallest absolute Gasteiger partial charge is 0.0515 e. The van der Waals surface area contributed by atoms with E-state index >= 15 is 0 Å². The summed E-state index contributed by atoms with van der Waals surface area (Å²) in [6.07, 6.45) is 3.50. The fourth-order valence-electron chi connectivity index (χ4n) is 1.74. The van der Waals surface area contributed by atoms with Crippen LogP contribution in [0.3, 0.4) is 0 Å². The molecule has 0 amide bonds. The van der Waals surface area contributed by atoms with E-state index in [4.69, 9.17) is 11.6 Å². The molecular weight excluding hydrogens is 230 g/mol. The Morgan fingerprint density at radius 1 is 1.00 bits per heavy atom. The Bertz CT molecular complexity index is 509. The summed E-state index contributed by atoms with van der Waals surface area (Å²) in [7, 11) is 0. The number of nitrogens with zero attached hydrogens (tertiary/aromatic N) is 1. The van der Waals surface area contributed by atoms with E-state index in [0.29, 0.717) is 0 Å². The molecule has 1 aromatic heterocycles. The van der Waals surface area contributed by atoms with Crippen LogP contribution < -0.4 is 0 Å². The van der Waals surface area contributed by atoms with E-state index in [1.807, 2.05) is 6.07 Å². The SMILES string of the molecule is CC(C)(C)c1ccc(-c2cnccc2Cl)cc1. The summed E-state index contributed by atoms with van der Waals surface area (Å²) in [6.45, 7) is 6.62. The molecule has 0 saturated heterocycles. The van der Waals surface area contributed by atoms with Crippen molar-refractivity contribution in [2.75, 3.05) is 0 Å². The van der Waals surface area contributed by atoms with Gasteiger partial charge in [0.05, 0.1) is 5.02 Å². The van der Waals surface area contributed by atoms with Gasteiger partial charge in [-0.1, -0.05) is 56.6 Å². The second-order valence-electron chi connectivity index (χ2n) is 5.18. The zero-order chi connectivity index (χ0) is 12.5. The van der Waals surface area contributed by atoms with E-state index in [-0.39, 0.29) is 5.41 Å². The molecule has 0 spiro atoms. The predicted octanol–water partition coefficient (Wildman–Crippen LogP) is 4.70. The third kappa shape index (κ3) is 2.67. The Kier molecular flexibility index (Phi) is 3.21. The lowest BCUT2D eigenvalue weighted by Gasteiger charge is -2.19. The van der Waals surface area contributed by atoms with Gasteiger partial charge in [0.1, 0.15) is 0 Å². The quantitative estimate of drug-likeness (QED) is 0.710. The molecule has 2 heteroatoms. The van der Waals surface area contributed by atoms with Gasteiger partial charge >= 0.3 is 0 Å². The number of hydrogen-bond donors (Lipinski definition) is 0. The molecule has 0 saturated carbocycles. The molecule has 1 nitrogen and oxygen atoms in total. The van der Waals surface area contributed by atoms with Crippen LogP contribution in [0.25, 0.3) is 11.1 Å². The van der Waals surface area contributed by atoms with E-state index in [9.17, 15) is 0 Å². The van der Waals surface area contributed by atoms with Gasteiger partial charge in [0, 0.05) is 18.0 Å². The van der Waals surface area contributed by atoms with E-state index in [0.717, 1.165) is 16.1 Å². The molecule has 0 atom stereocenters. The van der Waals surface area contributed by atoms with Crippen LogP contribution in [0.1, 0.15) is 26.3 Å². The van der Waals surface area contributed by atoms with Crippen LogP contribution in [0.5, 0.6) is 0 Å². The van der Waals surface area contributed by atoms with E-state index in [1.54, 1.807) is 12.4 Å². The minimum absolute atomic E-state index is 0.178. The van der Waals surface area contributed by atoms with Crippen molar-refractivity contribution in [2.24, 2.45) is 0 Å². The Morgan fingerprint density at radius 2 is 1.65 bits per heavy atom. The van der Waals surface area contributed by atoms with Crippen LogP contribution in [0, 0.1) is 0 Å². The van der Waals surface area contributed by atoms with Crippen molar-refractivity contribution in [1.82, 2.24) is 4.98 Å². The molecule has 0 radical (unpaired) electrons. The molecule has 0 aliphatic rings. The monoisotopic (exact) mass is 245 g/mol. The molecule has 1 heterocycles. The van der Waals surface area contributed by atoms with Crippen LogP contribution in [0.4, 0.5) is 0 Å². The highest BCUT2D eigenvalue weighted by Gasteiger charge is 2.13. The van der Waals surface area contributed by atoms with Crippen molar-refractivity contribution in [1.29, 1.82) is 0 Å². The zero-order valence-corrected chi connectivity index (χ0v) is 11.1. The van der Waals surface area contributed by atoms with Crippen molar-refractivity contribution >= 4 is 11.6 Å². The third-order valence-electron chi connectivity index (χ3n) is 2.83. The Hall–Kier alpha value is -1.34. The lowest BCUT2D eigenvalue weighted by molar-refractivity contribution is 0.590. The largest absolute Gasteiger partial charge is 0.264 e. The molecule has 0 N–H and O–H groups in total. The Labute approximate surface area is 107 Å². The highest BCUT2D eigenvalue weighted by Crippen LogP contribution is 2.29. The highest BCUT2D eigenvalue weighted by molar-refractivity contribution is 6.33. The summed E-state index contributed by atoms with van der Waals surface area (Å²) in [6, 6.07) is 10.3. The van der Waals surface area contributed by atoms with Gasteiger partial charge in [0.2, 0.25) is 0 Å². The molecule has 88 valence electrons. The first-order valence-corrected chi connectivity index (χ1v) is 6.07. The average molecular weight is 246 g/mol. The standard InChI is InChI=1S/C15H16ClN/c1-15(2,3)12-6-4-11(5-7-12)13-10-17-9-8-14(13)16/h4-10H,1-3H3. The van der Waals surface area contributed by atoms with Crippen molar-refractivity contribution in [3.8, 4) is 11.1 Å². The summed E-state index contributed by atoms with van der Waals surface area (Å²) < 4.78 is 0. The van der Waals surface area contributed by atoms with Gasteiger partial charge in [0.15, 0.2) is 0 Å². The number of hydrogen-bond acceptors (Lipinski definition) is 1. The Balaban J connectivity index is 2.40. The van der Waals surface area contributed by atoms with Crippen molar-refractivity contribution in [2.45, 2.75) is 26.2 Å². The molecular formula is C15H16ClN. The fraction of sp³-hybridized carbons (Fsp3) is 0.267. The maximum absolute atomic E-state index is 6.15. The van der Waals surface area contributed by atoms with Gasteiger partial charge in [-0.2, -0.15) is 0 Å². The first kappa shape index (κ1) is 12.1. The molecule has 0 fully saturated rings. The second-order valence-corrected chi connectivity index (χ2v) is 5.59. The van der Waals surface area contributed by atoms with Crippen molar-refractivity contribution in [3.63, 3.8) is 0 Å². The van der Waals surface area contributed by atoms with Gasteiger partial charge in [0.25, 0.3) is 0 Å². The van der Waals surface area contributed by atoms with Gasteiger partial charge in [-0.3, -0.25) is 4.98 Å². The topological polar surface area (TPSA) is 12.9 Å². The van der Waals surface area contributed by atoms with E-state index in [1.165, 1.54) is 5.56 Å². The van der Waals surface area contributed by atoms with E-state index in [2.05, 4.69) is 50.0 Å². The summed E-state index contributed by atoms with van der Waals surface area (Å²) in [5.41, 5.74) is 3.59. The third-order valence-corrected chi connectivity index (χ3v) is 3.16. The number of rotatable bonds is 1. The number of aromatic nitrogens is 1. The molecule has 2 aromatic rings. The van der Waals surface area contributed by atoms with Crippen LogP contribution in [-0.4, -0.2) is 4.98 Å². The lowest BCUT2D eigenvalue weighted by Crippen LogP contribution is -2.10. The second kappa shape index (κ2) is 4.50. The number of halogens is 1. The predicted molar refractivity (Wildman–Crippen MR) is 73.4 cm³/mol. The number of benzene rings is 1. The first-order chi connectivity index (χ1) is 7.98. The summed E-state index contributed by atoms with van der Waals surface area (Å²) in [5.74, 6) is 0. The Morgan fingerprint density at radius 3 is 2.18 bits per heavy atom. The van der Waals surface area contributed by atoms with Crippen molar-refractivity contribution in [3.05, 3.63) is 53.3 Å². The molecule has 0 aliphatic carbocycles. The van der Waals surface area contributed by atoms with E-state index < -0.39 is 0 Å². The lowest BCUT2D eigenvalue weighted by atomic mass is 9.86. The molecule has 0 bridgehead atoms. The normalized spacial score (nSPS) is 11.5.